The van der Waals surface area contributed by atoms with E-state index in [0.29, 0.717) is 0 Å². The molecule has 0 saturated carbocycles. The van der Waals surface area contributed by atoms with Gasteiger partial charge in [0.15, 0.2) is 0 Å². The van der Waals surface area contributed by atoms with Crippen LogP contribution in [0.3, 0.4) is 0 Å². The van der Waals surface area contributed by atoms with Crippen molar-refractivity contribution < 1.29 is 0 Å². The van der Waals surface area contributed by atoms with E-state index in [0.717, 1.165) is 27.9 Å². The molecule has 0 saturated heterocycles. The molecular weight excluding hydrogens is 272 g/mol. The van der Waals surface area contributed by atoms with Crippen LogP contribution in [0.2, 0.25) is 0 Å². The molecule has 0 bridgehead atoms. The molecule has 0 spiro atoms. The molecule has 1 heterocycles. The number of aromatic amines is 1. The molecule has 0 fully saturated rings. The van der Waals surface area contributed by atoms with Crippen molar-refractivity contribution in [1.82, 2.24) is 4.98 Å². The Labute approximate surface area is 128 Å². The first-order chi connectivity index (χ1) is 10.7. The van der Waals surface area contributed by atoms with Gasteiger partial charge in [-0.05, 0) is 29.7 Å². The quantitative estimate of drug-likeness (QED) is 0.777. The first-order valence-electron chi connectivity index (χ1n) is 6.99. The second kappa shape index (κ2) is 5.71. The molecule has 3 rings (SSSR count). The Morgan fingerprint density at radius 2 is 1.64 bits per heavy atom. The smallest absolute Gasteiger partial charge is 0.266 e. The van der Waals surface area contributed by atoms with E-state index in [2.05, 4.69) is 4.98 Å². The number of hydrogen-bond donors (Lipinski definition) is 1. The fourth-order valence-electron chi connectivity index (χ4n) is 2.53. The summed E-state index contributed by atoms with van der Waals surface area (Å²) in [5.41, 5.74) is 4.38. The number of aromatic nitrogens is 1. The molecule has 0 aliphatic carbocycles. The van der Waals surface area contributed by atoms with Gasteiger partial charge in [-0.2, -0.15) is 5.26 Å². The van der Waals surface area contributed by atoms with Gasteiger partial charge in [0.05, 0.1) is 5.69 Å². The molecule has 0 atom stereocenters. The number of nitrogens with zero attached hydrogens (tertiary/aromatic N) is 1. The highest BCUT2D eigenvalue weighted by molar-refractivity contribution is 5.82. The number of aryl methyl sites for hydroxylation is 1. The fraction of sp³-hybridized carbons (Fsp3) is 0.0526. The molecule has 3 heteroatoms. The van der Waals surface area contributed by atoms with Crippen molar-refractivity contribution in [3.63, 3.8) is 0 Å². The lowest BCUT2D eigenvalue weighted by Crippen LogP contribution is -2.12. The number of rotatable bonds is 2. The molecule has 0 radical (unpaired) electrons. The maximum absolute atomic E-state index is 12.0. The molecule has 22 heavy (non-hydrogen) atoms. The third-order valence-electron chi connectivity index (χ3n) is 3.66. The van der Waals surface area contributed by atoms with Gasteiger partial charge in [-0.15, -0.1) is 0 Å². The van der Waals surface area contributed by atoms with Crippen molar-refractivity contribution in [2.75, 3.05) is 0 Å². The fourth-order valence-corrected chi connectivity index (χ4v) is 2.53. The first kappa shape index (κ1) is 13.8. The van der Waals surface area contributed by atoms with Crippen molar-refractivity contribution in [2.45, 2.75) is 6.92 Å². The molecular formula is C19H14N2O. The van der Waals surface area contributed by atoms with Gasteiger partial charge in [0.2, 0.25) is 0 Å². The zero-order chi connectivity index (χ0) is 15.5. The second-order valence-corrected chi connectivity index (χ2v) is 5.09. The van der Waals surface area contributed by atoms with Gasteiger partial charge in [0, 0.05) is 5.56 Å². The van der Waals surface area contributed by atoms with Crippen molar-refractivity contribution in [3.05, 3.63) is 82.1 Å². The van der Waals surface area contributed by atoms with Crippen molar-refractivity contribution in [1.29, 1.82) is 5.26 Å². The molecule has 0 unspecified atom stereocenters. The summed E-state index contributed by atoms with van der Waals surface area (Å²) in [6.07, 6.45) is 0. The second-order valence-electron chi connectivity index (χ2n) is 5.09. The summed E-state index contributed by atoms with van der Waals surface area (Å²) in [5.74, 6) is 0. The lowest BCUT2D eigenvalue weighted by Gasteiger charge is -2.12. The summed E-state index contributed by atoms with van der Waals surface area (Å²) in [6.45, 7) is 2.02. The largest absolute Gasteiger partial charge is 0.320 e. The molecule has 0 amide bonds. The average Bonchev–Trinajstić information content (AvgIpc) is 2.56. The van der Waals surface area contributed by atoms with Gasteiger partial charge in [0.1, 0.15) is 11.6 Å². The molecule has 0 aliphatic heterocycles. The van der Waals surface area contributed by atoms with E-state index >= 15 is 0 Å². The Balaban J connectivity index is 2.35. The number of nitriles is 1. The van der Waals surface area contributed by atoms with Crippen LogP contribution in [0, 0.1) is 18.3 Å². The number of benzene rings is 2. The summed E-state index contributed by atoms with van der Waals surface area (Å²) in [5, 5.41) is 9.15. The molecule has 106 valence electrons. The summed E-state index contributed by atoms with van der Waals surface area (Å²) < 4.78 is 0. The minimum atomic E-state index is -0.362. The van der Waals surface area contributed by atoms with Crippen LogP contribution in [0.25, 0.3) is 22.4 Å². The van der Waals surface area contributed by atoms with Crippen LogP contribution >= 0.6 is 0 Å². The zero-order valence-electron chi connectivity index (χ0n) is 12.1. The normalized spacial score (nSPS) is 10.2. The molecule has 3 aromatic rings. The highest BCUT2D eigenvalue weighted by atomic mass is 16.1. The van der Waals surface area contributed by atoms with E-state index < -0.39 is 0 Å². The predicted octanol–water partition coefficient (Wildman–Crippen LogP) is 3.89. The van der Waals surface area contributed by atoms with Crippen LogP contribution in [0.4, 0.5) is 0 Å². The van der Waals surface area contributed by atoms with Gasteiger partial charge >= 0.3 is 0 Å². The van der Waals surface area contributed by atoms with E-state index in [4.69, 9.17) is 5.26 Å². The Bertz CT molecular complexity index is 918. The lowest BCUT2D eigenvalue weighted by atomic mass is 9.95. The van der Waals surface area contributed by atoms with E-state index in [1.165, 1.54) is 0 Å². The van der Waals surface area contributed by atoms with Crippen LogP contribution in [-0.4, -0.2) is 4.98 Å². The molecule has 1 N–H and O–H groups in total. The minimum absolute atomic E-state index is 0.123. The molecule has 0 aliphatic rings. The molecule has 3 nitrogen and oxygen atoms in total. The maximum atomic E-state index is 12.0. The standard InChI is InChI=1S/C19H14N2O/c1-13-7-5-6-10-16(13)17-11-15(12-20)19(22)21-18(17)14-8-3-2-4-9-14/h2-11H,1H3,(H,21,22). The van der Waals surface area contributed by atoms with E-state index in [1.807, 2.05) is 67.6 Å². The highest BCUT2D eigenvalue weighted by Gasteiger charge is 2.13. The van der Waals surface area contributed by atoms with Crippen LogP contribution in [0.1, 0.15) is 11.1 Å². The Morgan fingerprint density at radius 3 is 2.32 bits per heavy atom. The summed E-state index contributed by atoms with van der Waals surface area (Å²) in [7, 11) is 0. The van der Waals surface area contributed by atoms with Gasteiger partial charge in [-0.3, -0.25) is 4.79 Å². The number of pyridine rings is 1. The van der Waals surface area contributed by atoms with E-state index in [9.17, 15) is 4.79 Å². The summed E-state index contributed by atoms with van der Waals surface area (Å²) >= 11 is 0. The monoisotopic (exact) mass is 286 g/mol. The summed E-state index contributed by atoms with van der Waals surface area (Å²) in [4.78, 5) is 14.9. The third-order valence-corrected chi connectivity index (χ3v) is 3.66. The van der Waals surface area contributed by atoms with Gasteiger partial charge in [-0.1, -0.05) is 54.6 Å². The summed E-state index contributed by atoms with van der Waals surface area (Å²) in [6, 6.07) is 21.2. The minimum Gasteiger partial charge on any atom is -0.320 e. The van der Waals surface area contributed by atoms with Crippen molar-refractivity contribution in [3.8, 4) is 28.5 Å². The molecule has 2 aromatic carbocycles. The lowest BCUT2D eigenvalue weighted by molar-refractivity contribution is 1.22. The van der Waals surface area contributed by atoms with Crippen molar-refractivity contribution >= 4 is 0 Å². The van der Waals surface area contributed by atoms with Gasteiger partial charge in [0.25, 0.3) is 5.56 Å². The number of hydrogen-bond acceptors (Lipinski definition) is 2. The van der Waals surface area contributed by atoms with Gasteiger partial charge in [-0.25, -0.2) is 0 Å². The van der Waals surface area contributed by atoms with Crippen LogP contribution < -0.4 is 5.56 Å². The number of H-pyrrole nitrogens is 1. The zero-order valence-corrected chi connectivity index (χ0v) is 12.1. The highest BCUT2D eigenvalue weighted by Crippen LogP contribution is 2.31. The maximum Gasteiger partial charge on any atom is 0.266 e. The van der Waals surface area contributed by atoms with Crippen molar-refractivity contribution in [2.24, 2.45) is 0 Å². The number of nitrogens with one attached hydrogen (secondary N) is 1. The van der Waals surface area contributed by atoms with Crippen LogP contribution in [0.15, 0.2) is 65.5 Å². The van der Waals surface area contributed by atoms with Crippen LogP contribution in [-0.2, 0) is 0 Å². The van der Waals surface area contributed by atoms with E-state index in [-0.39, 0.29) is 11.1 Å². The molecule has 1 aromatic heterocycles. The van der Waals surface area contributed by atoms with E-state index in [1.54, 1.807) is 6.07 Å². The Hall–Kier alpha value is -3.12. The average molecular weight is 286 g/mol. The van der Waals surface area contributed by atoms with Gasteiger partial charge < -0.3 is 4.98 Å². The Kier molecular flexibility index (Phi) is 3.59. The third kappa shape index (κ3) is 2.43. The Morgan fingerprint density at radius 1 is 0.955 bits per heavy atom. The topological polar surface area (TPSA) is 56.6 Å². The SMILES string of the molecule is Cc1ccccc1-c1cc(C#N)c(=O)[nH]c1-c1ccccc1. The first-order valence-corrected chi connectivity index (χ1v) is 6.99. The van der Waals surface area contributed by atoms with Crippen LogP contribution in [0.5, 0.6) is 0 Å². The predicted molar refractivity (Wildman–Crippen MR) is 87.4 cm³/mol.